The highest BCUT2D eigenvalue weighted by Gasteiger charge is 2.49. The molecule has 0 aromatic heterocycles. The molecule has 1 aliphatic rings. The van der Waals surface area contributed by atoms with Gasteiger partial charge in [-0.1, -0.05) is 240 Å². The van der Waals surface area contributed by atoms with Gasteiger partial charge in [-0.25, -0.2) is 0 Å². The average molecular weight is 733 g/mol. The molecular weight excluding hydrogens is 641 g/mol. The van der Waals surface area contributed by atoms with Crippen LogP contribution in [-0.2, 0) is 19.1 Å². The van der Waals surface area contributed by atoms with Crippen molar-refractivity contribution in [2.45, 2.75) is 265 Å². The van der Waals surface area contributed by atoms with Crippen LogP contribution >= 0.6 is 0 Å². The van der Waals surface area contributed by atoms with Gasteiger partial charge in [0.05, 0.1) is 13.2 Å². The highest BCUT2D eigenvalue weighted by molar-refractivity contribution is 6.00. The molecule has 0 amide bonds. The van der Waals surface area contributed by atoms with E-state index in [9.17, 15) is 9.59 Å². The van der Waals surface area contributed by atoms with E-state index < -0.39 is 5.41 Å². The minimum Gasteiger partial charge on any atom is -0.465 e. The SMILES string of the molecule is CC(C)CCCCCCCCCCCCCCCCCOC(=O)C1(C(=O)OCCCCCCCCCCCCCCCCCC(C)C)CCCCC1. The lowest BCUT2D eigenvalue weighted by Crippen LogP contribution is -2.43. The van der Waals surface area contributed by atoms with Crippen LogP contribution < -0.4 is 0 Å². The van der Waals surface area contributed by atoms with E-state index in [-0.39, 0.29) is 11.9 Å². The number of carbonyl (C=O) groups excluding carboxylic acids is 2. The first-order chi connectivity index (χ1) is 25.4. The summed E-state index contributed by atoms with van der Waals surface area (Å²) in [6.07, 6.45) is 46.6. The zero-order valence-electron chi connectivity index (χ0n) is 35.9. The van der Waals surface area contributed by atoms with E-state index in [0.29, 0.717) is 26.1 Å². The normalized spacial score (nSPS) is 14.3. The molecule has 4 heteroatoms. The van der Waals surface area contributed by atoms with Gasteiger partial charge in [0.1, 0.15) is 0 Å². The van der Waals surface area contributed by atoms with Crippen LogP contribution in [0.4, 0.5) is 0 Å². The van der Waals surface area contributed by atoms with Crippen molar-refractivity contribution in [2.75, 3.05) is 13.2 Å². The van der Waals surface area contributed by atoms with Crippen molar-refractivity contribution in [3.05, 3.63) is 0 Å². The predicted octanol–water partition coefficient (Wildman–Crippen LogP) is 15.8. The molecule has 0 atom stereocenters. The Morgan fingerprint density at radius 2 is 0.596 bits per heavy atom. The van der Waals surface area contributed by atoms with Crippen LogP contribution in [0.2, 0.25) is 0 Å². The van der Waals surface area contributed by atoms with Gasteiger partial charge in [-0.05, 0) is 37.5 Å². The first-order valence-electron chi connectivity index (χ1n) is 23.7. The molecule has 0 bridgehead atoms. The third kappa shape index (κ3) is 28.4. The molecule has 4 nitrogen and oxygen atoms in total. The minimum absolute atomic E-state index is 0.319. The molecule has 0 unspecified atom stereocenters. The molecule has 0 aromatic carbocycles. The van der Waals surface area contributed by atoms with Crippen molar-refractivity contribution < 1.29 is 19.1 Å². The number of esters is 2. The number of carbonyl (C=O) groups is 2. The van der Waals surface area contributed by atoms with Crippen molar-refractivity contribution in [2.24, 2.45) is 17.3 Å². The zero-order valence-corrected chi connectivity index (χ0v) is 35.9. The summed E-state index contributed by atoms with van der Waals surface area (Å²) in [6.45, 7) is 10.2. The first-order valence-corrected chi connectivity index (χ1v) is 23.7. The van der Waals surface area contributed by atoms with Crippen LogP contribution in [0, 0.1) is 17.3 Å². The van der Waals surface area contributed by atoms with E-state index in [1.54, 1.807) is 0 Å². The molecule has 1 rings (SSSR count). The highest BCUT2D eigenvalue weighted by atomic mass is 16.6. The van der Waals surface area contributed by atoms with Crippen molar-refractivity contribution in [1.82, 2.24) is 0 Å². The third-order valence-electron chi connectivity index (χ3n) is 11.8. The van der Waals surface area contributed by atoms with Crippen LogP contribution in [0.3, 0.4) is 0 Å². The molecule has 1 saturated carbocycles. The quantitative estimate of drug-likeness (QED) is 0.0360. The van der Waals surface area contributed by atoms with E-state index in [2.05, 4.69) is 27.7 Å². The Labute approximate surface area is 325 Å². The van der Waals surface area contributed by atoms with Gasteiger partial charge in [-0.3, -0.25) is 9.59 Å². The first kappa shape index (κ1) is 49.0. The number of hydrogen-bond donors (Lipinski definition) is 0. The summed E-state index contributed by atoms with van der Waals surface area (Å²) in [7, 11) is 0. The summed E-state index contributed by atoms with van der Waals surface area (Å²) in [5, 5.41) is 0. The second kappa shape index (κ2) is 35.6. The van der Waals surface area contributed by atoms with Crippen LogP contribution in [0.5, 0.6) is 0 Å². The fraction of sp³-hybridized carbons (Fsp3) is 0.958. The Morgan fingerprint density at radius 3 is 0.846 bits per heavy atom. The molecule has 308 valence electrons. The predicted molar refractivity (Wildman–Crippen MR) is 225 cm³/mol. The number of ether oxygens (including phenoxy) is 2. The van der Waals surface area contributed by atoms with Gasteiger partial charge in [0.15, 0.2) is 5.41 Å². The van der Waals surface area contributed by atoms with E-state index in [0.717, 1.165) is 56.8 Å². The Morgan fingerprint density at radius 1 is 0.365 bits per heavy atom. The van der Waals surface area contributed by atoms with Crippen molar-refractivity contribution in [3.8, 4) is 0 Å². The molecule has 0 heterocycles. The van der Waals surface area contributed by atoms with Gasteiger partial charge in [0.25, 0.3) is 0 Å². The molecule has 0 spiro atoms. The van der Waals surface area contributed by atoms with Gasteiger partial charge < -0.3 is 9.47 Å². The fourth-order valence-electron chi connectivity index (χ4n) is 8.16. The summed E-state index contributed by atoms with van der Waals surface area (Å²) in [4.78, 5) is 26.4. The maximum atomic E-state index is 13.2. The number of rotatable bonds is 38. The Bertz CT molecular complexity index is 725. The molecule has 0 aliphatic heterocycles. The van der Waals surface area contributed by atoms with Gasteiger partial charge in [-0.15, -0.1) is 0 Å². The topological polar surface area (TPSA) is 52.6 Å². The van der Waals surface area contributed by atoms with E-state index in [4.69, 9.17) is 9.47 Å². The molecule has 1 fully saturated rings. The Kier molecular flexibility index (Phi) is 33.5. The summed E-state index contributed by atoms with van der Waals surface area (Å²) >= 11 is 0. The van der Waals surface area contributed by atoms with Gasteiger partial charge in [0, 0.05) is 0 Å². The van der Waals surface area contributed by atoms with E-state index >= 15 is 0 Å². The summed E-state index contributed by atoms with van der Waals surface area (Å²) < 4.78 is 11.5. The lowest BCUT2D eigenvalue weighted by atomic mass is 9.74. The molecule has 0 aromatic rings. The van der Waals surface area contributed by atoms with E-state index in [1.165, 1.54) is 180 Å². The average Bonchev–Trinajstić information content (AvgIpc) is 3.13. The molecule has 0 saturated heterocycles. The van der Waals surface area contributed by atoms with Crippen LogP contribution in [0.25, 0.3) is 0 Å². The van der Waals surface area contributed by atoms with Crippen LogP contribution in [0.1, 0.15) is 265 Å². The monoisotopic (exact) mass is 733 g/mol. The zero-order chi connectivity index (χ0) is 37.8. The van der Waals surface area contributed by atoms with Gasteiger partial charge in [0.2, 0.25) is 0 Å². The fourth-order valence-corrected chi connectivity index (χ4v) is 8.16. The maximum absolute atomic E-state index is 13.2. The third-order valence-corrected chi connectivity index (χ3v) is 11.8. The second-order valence-electron chi connectivity index (χ2n) is 17.9. The van der Waals surface area contributed by atoms with Crippen LogP contribution in [0.15, 0.2) is 0 Å². The van der Waals surface area contributed by atoms with Crippen molar-refractivity contribution in [3.63, 3.8) is 0 Å². The Balaban J connectivity index is 1.98. The molecule has 1 aliphatic carbocycles. The van der Waals surface area contributed by atoms with Gasteiger partial charge in [-0.2, -0.15) is 0 Å². The van der Waals surface area contributed by atoms with Crippen molar-refractivity contribution >= 4 is 11.9 Å². The summed E-state index contributed by atoms with van der Waals surface area (Å²) in [6, 6.07) is 0. The van der Waals surface area contributed by atoms with Crippen molar-refractivity contribution in [1.29, 1.82) is 0 Å². The molecule has 52 heavy (non-hydrogen) atoms. The summed E-state index contributed by atoms with van der Waals surface area (Å²) in [5.74, 6) is 1.08. The highest BCUT2D eigenvalue weighted by Crippen LogP contribution is 2.39. The minimum atomic E-state index is -1.06. The molecule has 0 radical (unpaired) electrons. The largest absolute Gasteiger partial charge is 0.465 e. The number of hydrogen-bond acceptors (Lipinski definition) is 4. The summed E-state index contributed by atoms with van der Waals surface area (Å²) in [5.41, 5.74) is -1.06. The standard InChI is InChI=1S/C48H92O4/c1-44(2)38-32-27-23-19-15-11-7-5-9-13-17-21-25-29-36-42-51-46(49)48(40-34-31-35-41-48)47(50)52-43-37-30-26-22-18-14-10-6-8-12-16-20-24-28-33-39-45(3)4/h44-45H,5-43H2,1-4H3. The maximum Gasteiger partial charge on any atom is 0.323 e. The molecular formula is C48H92O4. The second-order valence-corrected chi connectivity index (χ2v) is 17.9. The lowest BCUT2D eigenvalue weighted by molar-refractivity contribution is -0.175. The van der Waals surface area contributed by atoms with Crippen LogP contribution in [-0.4, -0.2) is 25.2 Å². The number of unbranched alkanes of at least 4 members (excludes halogenated alkanes) is 28. The lowest BCUT2D eigenvalue weighted by Gasteiger charge is -2.32. The smallest absolute Gasteiger partial charge is 0.323 e. The van der Waals surface area contributed by atoms with E-state index in [1.807, 2.05) is 0 Å². The Hall–Kier alpha value is -1.06. The van der Waals surface area contributed by atoms with Gasteiger partial charge >= 0.3 is 11.9 Å². The molecule has 0 N–H and O–H groups in total.